The topological polar surface area (TPSA) is 3.24 Å². The molecule has 0 spiro atoms. The average Bonchev–Trinajstić information content (AvgIpc) is 2.42. The molecule has 2 aromatic rings. The van der Waals surface area contributed by atoms with Crippen LogP contribution in [0.1, 0.15) is 11.6 Å². The van der Waals surface area contributed by atoms with Gasteiger partial charge in [-0.3, -0.25) is 0 Å². The number of hydrogen-bond donors (Lipinski definition) is 0. The van der Waals surface area contributed by atoms with Crippen molar-refractivity contribution >= 4 is 5.69 Å². The summed E-state index contributed by atoms with van der Waals surface area (Å²) in [4.78, 5) is 1.99. The summed E-state index contributed by atoms with van der Waals surface area (Å²) >= 11 is 0. The highest BCUT2D eigenvalue weighted by Crippen LogP contribution is 2.24. The SMILES string of the molecule is C#C[C@H](c1ccc(F)cc1)N(C)c1ccccc1. The van der Waals surface area contributed by atoms with Crippen LogP contribution in [0.15, 0.2) is 54.6 Å². The molecule has 2 heteroatoms. The predicted molar refractivity (Wildman–Crippen MR) is 72.8 cm³/mol. The van der Waals surface area contributed by atoms with Gasteiger partial charge in [-0.25, -0.2) is 4.39 Å². The molecule has 18 heavy (non-hydrogen) atoms. The third kappa shape index (κ3) is 2.52. The molecule has 0 fully saturated rings. The molecule has 90 valence electrons. The van der Waals surface area contributed by atoms with Crippen molar-refractivity contribution in [3.63, 3.8) is 0 Å². The first kappa shape index (κ1) is 12.2. The summed E-state index contributed by atoms with van der Waals surface area (Å²) in [5.41, 5.74) is 1.94. The number of nitrogens with zero attached hydrogens (tertiary/aromatic N) is 1. The third-order valence-corrected chi connectivity index (χ3v) is 2.89. The molecule has 0 heterocycles. The van der Waals surface area contributed by atoms with Crippen molar-refractivity contribution < 1.29 is 4.39 Å². The normalized spacial score (nSPS) is 11.6. The van der Waals surface area contributed by atoms with E-state index in [0.29, 0.717) is 0 Å². The second-order valence-electron chi connectivity index (χ2n) is 4.07. The van der Waals surface area contributed by atoms with Crippen LogP contribution in [0.3, 0.4) is 0 Å². The van der Waals surface area contributed by atoms with E-state index in [2.05, 4.69) is 5.92 Å². The predicted octanol–water partition coefficient (Wildman–Crippen LogP) is 3.64. The maximum Gasteiger partial charge on any atom is 0.123 e. The highest BCUT2D eigenvalue weighted by molar-refractivity contribution is 5.50. The van der Waals surface area contributed by atoms with Gasteiger partial charge in [0, 0.05) is 12.7 Å². The monoisotopic (exact) mass is 239 g/mol. The van der Waals surface area contributed by atoms with E-state index in [1.165, 1.54) is 12.1 Å². The molecule has 0 saturated carbocycles. The molecule has 0 bridgehead atoms. The van der Waals surface area contributed by atoms with Crippen molar-refractivity contribution in [2.24, 2.45) is 0 Å². The van der Waals surface area contributed by atoms with E-state index < -0.39 is 0 Å². The Balaban J connectivity index is 2.30. The van der Waals surface area contributed by atoms with Gasteiger partial charge in [0.2, 0.25) is 0 Å². The molecule has 0 aliphatic rings. The number of hydrogen-bond acceptors (Lipinski definition) is 1. The fourth-order valence-electron chi connectivity index (χ4n) is 1.89. The Morgan fingerprint density at radius 3 is 2.22 bits per heavy atom. The van der Waals surface area contributed by atoms with E-state index >= 15 is 0 Å². The molecule has 0 amide bonds. The van der Waals surface area contributed by atoms with Crippen molar-refractivity contribution in [2.45, 2.75) is 6.04 Å². The summed E-state index contributed by atoms with van der Waals surface area (Å²) in [7, 11) is 1.93. The number of anilines is 1. The summed E-state index contributed by atoms with van der Waals surface area (Å²) < 4.78 is 12.9. The van der Waals surface area contributed by atoms with Crippen LogP contribution in [0.4, 0.5) is 10.1 Å². The lowest BCUT2D eigenvalue weighted by Gasteiger charge is -2.26. The molecule has 0 aliphatic carbocycles. The van der Waals surface area contributed by atoms with Gasteiger partial charge in [-0.05, 0) is 29.8 Å². The first-order valence-corrected chi connectivity index (χ1v) is 5.72. The van der Waals surface area contributed by atoms with Crippen molar-refractivity contribution in [1.82, 2.24) is 0 Å². The molecule has 1 nitrogen and oxygen atoms in total. The van der Waals surface area contributed by atoms with Gasteiger partial charge in [0.1, 0.15) is 11.9 Å². The Labute approximate surface area is 107 Å². The first-order chi connectivity index (χ1) is 8.72. The lowest BCUT2D eigenvalue weighted by molar-refractivity contribution is 0.626. The minimum absolute atomic E-state index is 0.201. The Bertz CT molecular complexity index is 540. The first-order valence-electron chi connectivity index (χ1n) is 5.72. The highest BCUT2D eigenvalue weighted by atomic mass is 19.1. The Hall–Kier alpha value is -2.27. The van der Waals surface area contributed by atoms with E-state index in [-0.39, 0.29) is 11.9 Å². The van der Waals surface area contributed by atoms with E-state index in [1.807, 2.05) is 42.3 Å². The molecule has 0 N–H and O–H groups in total. The zero-order chi connectivity index (χ0) is 13.0. The maximum absolute atomic E-state index is 12.9. The van der Waals surface area contributed by atoms with Crippen LogP contribution in [-0.4, -0.2) is 7.05 Å². The molecular weight excluding hydrogens is 225 g/mol. The summed E-state index contributed by atoms with van der Waals surface area (Å²) in [5.74, 6) is 2.49. The summed E-state index contributed by atoms with van der Waals surface area (Å²) in [5, 5.41) is 0. The van der Waals surface area contributed by atoms with Crippen LogP contribution in [0.5, 0.6) is 0 Å². The molecule has 2 rings (SSSR count). The number of para-hydroxylation sites is 1. The zero-order valence-corrected chi connectivity index (χ0v) is 10.2. The molecular formula is C16H14FN. The van der Waals surface area contributed by atoms with E-state index in [4.69, 9.17) is 6.42 Å². The minimum Gasteiger partial charge on any atom is -0.357 e. The van der Waals surface area contributed by atoms with Gasteiger partial charge >= 0.3 is 0 Å². The molecule has 0 radical (unpaired) electrons. The van der Waals surface area contributed by atoms with E-state index in [0.717, 1.165) is 11.3 Å². The smallest absolute Gasteiger partial charge is 0.123 e. The van der Waals surface area contributed by atoms with Gasteiger partial charge in [-0.2, -0.15) is 0 Å². The second kappa shape index (κ2) is 5.37. The minimum atomic E-state index is -0.253. The third-order valence-electron chi connectivity index (χ3n) is 2.89. The number of benzene rings is 2. The Morgan fingerprint density at radius 2 is 1.67 bits per heavy atom. The van der Waals surface area contributed by atoms with Gasteiger partial charge in [-0.1, -0.05) is 36.3 Å². The second-order valence-corrected chi connectivity index (χ2v) is 4.07. The van der Waals surface area contributed by atoms with Crippen LogP contribution in [-0.2, 0) is 0 Å². The van der Waals surface area contributed by atoms with Gasteiger partial charge < -0.3 is 4.90 Å². The quantitative estimate of drug-likeness (QED) is 0.739. The fourth-order valence-corrected chi connectivity index (χ4v) is 1.89. The van der Waals surface area contributed by atoms with Crippen LogP contribution in [0.25, 0.3) is 0 Å². The number of rotatable bonds is 3. The van der Waals surface area contributed by atoms with Crippen LogP contribution in [0.2, 0.25) is 0 Å². The van der Waals surface area contributed by atoms with Gasteiger partial charge in [-0.15, -0.1) is 6.42 Å². The van der Waals surface area contributed by atoms with Crippen LogP contribution < -0.4 is 4.90 Å². The summed E-state index contributed by atoms with van der Waals surface area (Å²) in [6.07, 6.45) is 5.60. The lowest BCUT2D eigenvalue weighted by Crippen LogP contribution is -2.22. The maximum atomic E-state index is 12.9. The zero-order valence-electron chi connectivity index (χ0n) is 10.2. The Kier molecular flexibility index (Phi) is 3.64. The van der Waals surface area contributed by atoms with Crippen molar-refractivity contribution in [1.29, 1.82) is 0 Å². The average molecular weight is 239 g/mol. The van der Waals surface area contributed by atoms with Crippen molar-refractivity contribution in [3.8, 4) is 12.3 Å². The van der Waals surface area contributed by atoms with Crippen molar-refractivity contribution in [2.75, 3.05) is 11.9 Å². The molecule has 2 aromatic carbocycles. The highest BCUT2D eigenvalue weighted by Gasteiger charge is 2.14. The van der Waals surface area contributed by atoms with Crippen LogP contribution >= 0.6 is 0 Å². The largest absolute Gasteiger partial charge is 0.357 e. The summed E-state index contributed by atoms with van der Waals surface area (Å²) in [6.45, 7) is 0. The number of terminal acetylenes is 1. The molecule has 1 atom stereocenters. The standard InChI is InChI=1S/C16H14FN/c1-3-16(13-9-11-14(17)12-10-13)18(2)15-7-5-4-6-8-15/h1,4-12,16H,2H3/t16-/m1/s1. The van der Waals surface area contributed by atoms with Gasteiger partial charge in [0.25, 0.3) is 0 Å². The number of halogens is 1. The van der Waals surface area contributed by atoms with Crippen molar-refractivity contribution in [3.05, 3.63) is 66.0 Å². The molecule has 0 aliphatic heterocycles. The molecule has 0 unspecified atom stereocenters. The molecule has 0 aromatic heterocycles. The summed E-state index contributed by atoms with van der Waals surface area (Å²) in [6, 6.07) is 16.0. The van der Waals surface area contributed by atoms with E-state index in [9.17, 15) is 4.39 Å². The van der Waals surface area contributed by atoms with Gasteiger partial charge in [0.05, 0.1) is 0 Å². The van der Waals surface area contributed by atoms with Crippen LogP contribution in [0, 0.1) is 18.2 Å². The fraction of sp³-hybridized carbons (Fsp3) is 0.125. The molecule has 0 saturated heterocycles. The lowest BCUT2D eigenvalue weighted by atomic mass is 10.1. The van der Waals surface area contributed by atoms with E-state index in [1.54, 1.807) is 12.1 Å². The van der Waals surface area contributed by atoms with Gasteiger partial charge in [0.15, 0.2) is 0 Å². The Morgan fingerprint density at radius 1 is 1.06 bits per heavy atom.